The van der Waals surface area contributed by atoms with Crippen molar-refractivity contribution in [2.24, 2.45) is 0 Å². The molecule has 0 saturated heterocycles. The maximum Gasteiger partial charge on any atom is 0.0890 e. The van der Waals surface area contributed by atoms with E-state index in [4.69, 9.17) is 9.97 Å². The maximum atomic E-state index is 4.80. The second-order valence-electron chi connectivity index (χ2n) is 4.91. The molecule has 1 heterocycles. The first-order valence-electron chi connectivity index (χ1n) is 6.02. The minimum absolute atomic E-state index is 0.465. The summed E-state index contributed by atoms with van der Waals surface area (Å²) in [5.74, 6) is 1.14. The number of para-hydroxylation sites is 2. The van der Waals surface area contributed by atoms with Crippen molar-refractivity contribution in [3.05, 3.63) is 35.7 Å². The van der Waals surface area contributed by atoms with Crippen LogP contribution in [0.2, 0.25) is 0 Å². The molecule has 0 N–H and O–H groups in total. The Labute approximate surface area is 95.7 Å². The van der Waals surface area contributed by atoms with E-state index in [1.54, 1.807) is 0 Å². The van der Waals surface area contributed by atoms with Crippen LogP contribution in [-0.4, -0.2) is 9.97 Å². The van der Waals surface area contributed by atoms with Gasteiger partial charge in [0.05, 0.1) is 22.4 Å². The summed E-state index contributed by atoms with van der Waals surface area (Å²) in [4.78, 5) is 9.57. The number of rotatable bonds is 2. The zero-order valence-electron chi connectivity index (χ0n) is 9.77. The van der Waals surface area contributed by atoms with Crippen molar-refractivity contribution in [2.45, 2.75) is 38.5 Å². The van der Waals surface area contributed by atoms with Gasteiger partial charge in [0.15, 0.2) is 0 Å². The highest BCUT2D eigenvalue weighted by molar-refractivity contribution is 5.74. The number of benzene rings is 1. The van der Waals surface area contributed by atoms with Crippen LogP contribution in [0.4, 0.5) is 0 Å². The summed E-state index contributed by atoms with van der Waals surface area (Å²) in [5.41, 5.74) is 4.50. The van der Waals surface area contributed by atoms with Crippen molar-refractivity contribution in [2.75, 3.05) is 0 Å². The van der Waals surface area contributed by atoms with Crippen molar-refractivity contribution in [1.82, 2.24) is 9.97 Å². The predicted molar refractivity (Wildman–Crippen MR) is 65.6 cm³/mol. The molecule has 1 aromatic heterocycles. The third-order valence-electron chi connectivity index (χ3n) is 3.14. The number of aromatic nitrogens is 2. The number of nitrogens with zero attached hydrogens (tertiary/aromatic N) is 2. The summed E-state index contributed by atoms with van der Waals surface area (Å²) < 4.78 is 0. The SMILES string of the molecule is CC(C)c1nc2ccccc2nc1C1CC1. The topological polar surface area (TPSA) is 25.8 Å². The van der Waals surface area contributed by atoms with Gasteiger partial charge in [-0.2, -0.15) is 0 Å². The van der Waals surface area contributed by atoms with Gasteiger partial charge in [0.25, 0.3) is 0 Å². The van der Waals surface area contributed by atoms with E-state index in [0.29, 0.717) is 11.8 Å². The summed E-state index contributed by atoms with van der Waals surface area (Å²) in [5, 5.41) is 0. The Balaban J connectivity index is 2.24. The van der Waals surface area contributed by atoms with E-state index in [-0.39, 0.29) is 0 Å². The molecule has 82 valence electrons. The molecule has 2 aromatic rings. The average Bonchev–Trinajstić information content (AvgIpc) is 3.11. The van der Waals surface area contributed by atoms with E-state index < -0.39 is 0 Å². The normalized spacial score (nSPS) is 15.9. The Kier molecular flexibility index (Phi) is 2.16. The lowest BCUT2D eigenvalue weighted by molar-refractivity contribution is 0.787. The van der Waals surface area contributed by atoms with Gasteiger partial charge in [0.2, 0.25) is 0 Å². The van der Waals surface area contributed by atoms with Crippen LogP contribution in [0.25, 0.3) is 11.0 Å². The summed E-state index contributed by atoms with van der Waals surface area (Å²) in [6.45, 7) is 4.40. The molecule has 16 heavy (non-hydrogen) atoms. The molecule has 1 aliphatic carbocycles. The summed E-state index contributed by atoms with van der Waals surface area (Å²) in [6.07, 6.45) is 2.57. The molecule has 3 rings (SSSR count). The molecular weight excluding hydrogens is 196 g/mol. The number of hydrogen-bond acceptors (Lipinski definition) is 2. The molecule has 0 aliphatic heterocycles. The van der Waals surface area contributed by atoms with Crippen molar-refractivity contribution < 1.29 is 0 Å². The van der Waals surface area contributed by atoms with Gasteiger partial charge in [-0.3, -0.25) is 0 Å². The third kappa shape index (κ3) is 1.58. The molecule has 0 bridgehead atoms. The molecular formula is C14H16N2. The Bertz CT molecular complexity index is 487. The molecule has 2 nitrogen and oxygen atoms in total. The lowest BCUT2D eigenvalue weighted by Gasteiger charge is -2.11. The van der Waals surface area contributed by atoms with Gasteiger partial charge in [0, 0.05) is 5.92 Å². The van der Waals surface area contributed by atoms with Crippen molar-refractivity contribution in [3.63, 3.8) is 0 Å². The van der Waals surface area contributed by atoms with Gasteiger partial charge >= 0.3 is 0 Å². The van der Waals surface area contributed by atoms with Crippen molar-refractivity contribution in [1.29, 1.82) is 0 Å². The Hall–Kier alpha value is -1.44. The van der Waals surface area contributed by atoms with E-state index in [1.807, 2.05) is 18.2 Å². The summed E-state index contributed by atoms with van der Waals surface area (Å²) in [6, 6.07) is 8.16. The molecule has 1 fully saturated rings. The minimum Gasteiger partial charge on any atom is -0.249 e. The molecule has 0 amide bonds. The molecule has 0 atom stereocenters. The lowest BCUT2D eigenvalue weighted by atomic mass is 10.0. The monoisotopic (exact) mass is 212 g/mol. The van der Waals surface area contributed by atoms with Crippen LogP contribution in [-0.2, 0) is 0 Å². The van der Waals surface area contributed by atoms with Crippen LogP contribution >= 0.6 is 0 Å². The van der Waals surface area contributed by atoms with Gasteiger partial charge < -0.3 is 0 Å². The van der Waals surface area contributed by atoms with Crippen LogP contribution in [0.3, 0.4) is 0 Å². The fourth-order valence-electron chi connectivity index (χ4n) is 2.11. The van der Waals surface area contributed by atoms with Crippen LogP contribution < -0.4 is 0 Å². The van der Waals surface area contributed by atoms with Crippen LogP contribution in [0.5, 0.6) is 0 Å². The number of hydrogen-bond donors (Lipinski definition) is 0. The average molecular weight is 212 g/mol. The molecule has 0 radical (unpaired) electrons. The molecule has 1 aliphatic rings. The van der Waals surface area contributed by atoms with Crippen LogP contribution in [0.15, 0.2) is 24.3 Å². The molecule has 0 unspecified atom stereocenters. The fraction of sp³-hybridized carbons (Fsp3) is 0.429. The van der Waals surface area contributed by atoms with Crippen molar-refractivity contribution in [3.8, 4) is 0 Å². The quantitative estimate of drug-likeness (QED) is 0.759. The molecule has 1 aromatic carbocycles. The van der Waals surface area contributed by atoms with Crippen LogP contribution in [0, 0.1) is 0 Å². The Morgan fingerprint density at radius 3 is 2.25 bits per heavy atom. The standard InChI is InChI=1S/C14H16N2/c1-9(2)13-14(10-7-8-10)16-12-6-4-3-5-11(12)15-13/h3-6,9-10H,7-8H2,1-2H3. The first-order valence-corrected chi connectivity index (χ1v) is 6.02. The molecule has 1 saturated carbocycles. The zero-order chi connectivity index (χ0) is 11.1. The highest BCUT2D eigenvalue weighted by Crippen LogP contribution is 2.42. The van der Waals surface area contributed by atoms with Gasteiger partial charge in [-0.25, -0.2) is 9.97 Å². The second-order valence-corrected chi connectivity index (χ2v) is 4.91. The van der Waals surface area contributed by atoms with E-state index in [1.165, 1.54) is 24.2 Å². The fourth-order valence-corrected chi connectivity index (χ4v) is 2.11. The smallest absolute Gasteiger partial charge is 0.0890 e. The van der Waals surface area contributed by atoms with E-state index in [9.17, 15) is 0 Å². The maximum absolute atomic E-state index is 4.80. The third-order valence-corrected chi connectivity index (χ3v) is 3.14. The van der Waals surface area contributed by atoms with Gasteiger partial charge in [-0.1, -0.05) is 26.0 Å². The molecule has 2 heteroatoms. The molecule has 0 spiro atoms. The largest absolute Gasteiger partial charge is 0.249 e. The highest BCUT2D eigenvalue weighted by atomic mass is 14.8. The van der Waals surface area contributed by atoms with Gasteiger partial charge in [-0.15, -0.1) is 0 Å². The first-order chi connectivity index (χ1) is 7.75. The Morgan fingerprint density at radius 2 is 1.69 bits per heavy atom. The van der Waals surface area contributed by atoms with E-state index in [2.05, 4.69) is 19.9 Å². The first kappa shape index (κ1) is 9.76. The Morgan fingerprint density at radius 1 is 1.06 bits per heavy atom. The highest BCUT2D eigenvalue weighted by Gasteiger charge is 2.29. The minimum atomic E-state index is 0.465. The number of fused-ring (bicyclic) bond motifs is 1. The second kappa shape index (κ2) is 3.55. The summed E-state index contributed by atoms with van der Waals surface area (Å²) >= 11 is 0. The lowest BCUT2D eigenvalue weighted by Crippen LogP contribution is -2.03. The predicted octanol–water partition coefficient (Wildman–Crippen LogP) is 3.63. The van der Waals surface area contributed by atoms with Gasteiger partial charge in [-0.05, 0) is 30.9 Å². The van der Waals surface area contributed by atoms with Crippen molar-refractivity contribution >= 4 is 11.0 Å². The zero-order valence-corrected chi connectivity index (χ0v) is 9.77. The van der Waals surface area contributed by atoms with Crippen LogP contribution in [0.1, 0.15) is 49.9 Å². The van der Waals surface area contributed by atoms with E-state index in [0.717, 1.165) is 11.0 Å². The summed E-state index contributed by atoms with van der Waals surface area (Å²) in [7, 11) is 0. The van der Waals surface area contributed by atoms with Gasteiger partial charge in [0.1, 0.15) is 0 Å². The van der Waals surface area contributed by atoms with E-state index >= 15 is 0 Å².